The highest BCUT2D eigenvalue weighted by Gasteiger charge is 2.51. The molecule has 2 aliphatic rings. The molecule has 38 heavy (non-hydrogen) atoms. The average Bonchev–Trinajstić information content (AvgIpc) is 3.67. The molecule has 0 radical (unpaired) electrons. The maximum Gasteiger partial charge on any atom is 0.490 e. The number of hydrogen-bond donors (Lipinski definition) is 3. The fourth-order valence-corrected chi connectivity index (χ4v) is 5.97. The first-order chi connectivity index (χ1) is 17.7. The van der Waals surface area contributed by atoms with Gasteiger partial charge in [0, 0.05) is 11.7 Å². The number of aliphatic carboxylic acids is 1. The van der Waals surface area contributed by atoms with Gasteiger partial charge in [-0.3, -0.25) is 9.52 Å². The SMILES string of the molecule is Cc1ccc(C)c(S(=O)(=O)Nc2ccc(C3(C(=O)NC4CCCCCC4)CC3)cc2)c1.O=C(O)C(F)(F)F. The number of carboxylic acids is 1. The number of alkyl halides is 3. The first-order valence-electron chi connectivity index (χ1n) is 12.6. The van der Waals surface area contributed by atoms with Gasteiger partial charge in [0.1, 0.15) is 0 Å². The molecule has 0 aromatic heterocycles. The van der Waals surface area contributed by atoms with Crippen LogP contribution < -0.4 is 10.0 Å². The number of carboxylic acid groups (broad SMARTS) is 1. The summed E-state index contributed by atoms with van der Waals surface area (Å²) in [5.74, 6) is -2.63. The number of rotatable bonds is 6. The van der Waals surface area contributed by atoms with E-state index in [9.17, 15) is 26.4 Å². The van der Waals surface area contributed by atoms with Gasteiger partial charge in [0.15, 0.2) is 0 Å². The molecule has 2 saturated carbocycles. The van der Waals surface area contributed by atoms with Crippen molar-refractivity contribution in [2.24, 2.45) is 0 Å². The van der Waals surface area contributed by atoms with Crippen LogP contribution >= 0.6 is 0 Å². The van der Waals surface area contributed by atoms with Crippen molar-refractivity contribution < 1.29 is 36.3 Å². The van der Waals surface area contributed by atoms with Crippen LogP contribution in [0.25, 0.3) is 0 Å². The third-order valence-electron chi connectivity index (χ3n) is 6.94. The van der Waals surface area contributed by atoms with E-state index in [0.29, 0.717) is 11.3 Å². The van der Waals surface area contributed by atoms with Crippen LogP contribution in [0.5, 0.6) is 0 Å². The van der Waals surface area contributed by atoms with Gasteiger partial charge in [-0.25, -0.2) is 13.2 Å². The Hall–Kier alpha value is -3.08. The monoisotopic (exact) mass is 554 g/mol. The molecule has 208 valence electrons. The van der Waals surface area contributed by atoms with Crippen LogP contribution in [-0.2, 0) is 25.0 Å². The Morgan fingerprint density at radius 3 is 2.00 bits per heavy atom. The first-order valence-corrected chi connectivity index (χ1v) is 14.0. The third-order valence-corrected chi connectivity index (χ3v) is 8.46. The minimum Gasteiger partial charge on any atom is -0.475 e. The van der Waals surface area contributed by atoms with Crippen LogP contribution in [-0.4, -0.2) is 37.6 Å². The molecule has 1 amide bonds. The summed E-state index contributed by atoms with van der Waals surface area (Å²) >= 11 is 0. The molecular weight excluding hydrogens is 521 g/mol. The lowest BCUT2D eigenvalue weighted by molar-refractivity contribution is -0.192. The molecule has 2 aromatic rings. The van der Waals surface area contributed by atoms with Gasteiger partial charge in [0.2, 0.25) is 5.91 Å². The van der Waals surface area contributed by atoms with Crippen molar-refractivity contribution in [2.45, 2.75) is 87.7 Å². The number of nitrogens with one attached hydrogen (secondary N) is 2. The van der Waals surface area contributed by atoms with Crippen molar-refractivity contribution in [3.8, 4) is 0 Å². The number of amides is 1. The molecular formula is C27H33F3N2O5S. The van der Waals surface area contributed by atoms with Crippen molar-refractivity contribution >= 4 is 27.6 Å². The number of sulfonamides is 1. The summed E-state index contributed by atoms with van der Waals surface area (Å²) in [6.07, 6.45) is 3.65. The predicted molar refractivity (Wildman–Crippen MR) is 137 cm³/mol. The van der Waals surface area contributed by atoms with E-state index in [1.54, 1.807) is 25.1 Å². The van der Waals surface area contributed by atoms with E-state index in [2.05, 4.69) is 10.0 Å². The van der Waals surface area contributed by atoms with E-state index in [1.807, 2.05) is 31.2 Å². The highest BCUT2D eigenvalue weighted by molar-refractivity contribution is 7.92. The molecule has 0 aliphatic heterocycles. The molecule has 2 aliphatic carbocycles. The van der Waals surface area contributed by atoms with E-state index in [0.717, 1.165) is 36.8 Å². The molecule has 0 spiro atoms. The lowest BCUT2D eigenvalue weighted by Gasteiger charge is -2.22. The van der Waals surface area contributed by atoms with Crippen molar-refractivity contribution in [2.75, 3.05) is 4.72 Å². The number of anilines is 1. The molecule has 0 bridgehead atoms. The summed E-state index contributed by atoms with van der Waals surface area (Å²) in [7, 11) is -3.67. The van der Waals surface area contributed by atoms with Crippen LogP contribution in [0, 0.1) is 13.8 Å². The Morgan fingerprint density at radius 1 is 0.947 bits per heavy atom. The Morgan fingerprint density at radius 2 is 1.50 bits per heavy atom. The number of carbonyl (C=O) groups excluding carboxylic acids is 1. The van der Waals surface area contributed by atoms with Gasteiger partial charge in [-0.2, -0.15) is 13.2 Å². The average molecular weight is 555 g/mol. The predicted octanol–water partition coefficient (Wildman–Crippen LogP) is 5.61. The first kappa shape index (κ1) is 29.5. The summed E-state index contributed by atoms with van der Waals surface area (Å²) in [5, 5.41) is 10.4. The van der Waals surface area contributed by atoms with Gasteiger partial charge < -0.3 is 10.4 Å². The van der Waals surface area contributed by atoms with Gasteiger partial charge in [0.05, 0.1) is 10.3 Å². The van der Waals surface area contributed by atoms with Crippen LogP contribution in [0.2, 0.25) is 0 Å². The fourth-order valence-electron chi connectivity index (χ4n) is 4.58. The Kier molecular flexibility index (Phi) is 9.12. The minimum absolute atomic E-state index is 0.128. The van der Waals surface area contributed by atoms with Crippen molar-refractivity contribution in [1.29, 1.82) is 0 Å². The molecule has 4 rings (SSSR count). The van der Waals surface area contributed by atoms with Crippen LogP contribution in [0.1, 0.15) is 68.1 Å². The standard InChI is InChI=1S/C25H32N2O3S.C2HF3O2/c1-18-9-10-19(2)23(17-18)31(29,30)27-22-13-11-20(12-14-22)25(15-16-25)24(28)26-21-7-5-3-4-6-8-21;3-2(4,5)1(6)7/h9-14,17,21,27H,3-8,15-16H2,1-2H3,(H,26,28);(H,6,7). The summed E-state index contributed by atoms with van der Waals surface area (Å²) in [6, 6.07) is 13.0. The smallest absolute Gasteiger partial charge is 0.475 e. The van der Waals surface area contributed by atoms with Gasteiger partial charge in [-0.15, -0.1) is 0 Å². The van der Waals surface area contributed by atoms with E-state index in [4.69, 9.17) is 9.90 Å². The van der Waals surface area contributed by atoms with Crippen molar-refractivity contribution in [3.05, 3.63) is 59.2 Å². The molecule has 7 nitrogen and oxygen atoms in total. The van der Waals surface area contributed by atoms with Crippen molar-refractivity contribution in [3.63, 3.8) is 0 Å². The van der Waals surface area contributed by atoms with Crippen molar-refractivity contribution in [1.82, 2.24) is 5.32 Å². The lowest BCUT2D eigenvalue weighted by Crippen LogP contribution is -2.41. The maximum absolute atomic E-state index is 13.1. The van der Waals surface area contributed by atoms with Crippen LogP contribution in [0.15, 0.2) is 47.4 Å². The minimum atomic E-state index is -5.08. The Labute approximate surface area is 220 Å². The van der Waals surface area contributed by atoms with Gasteiger partial charge in [0.25, 0.3) is 10.0 Å². The molecule has 2 fully saturated rings. The number of carbonyl (C=O) groups is 2. The molecule has 3 N–H and O–H groups in total. The maximum atomic E-state index is 13.1. The van der Waals surface area contributed by atoms with Gasteiger partial charge in [-0.1, -0.05) is 49.9 Å². The second kappa shape index (κ2) is 11.8. The third kappa shape index (κ3) is 7.49. The van der Waals surface area contributed by atoms with E-state index in [-0.39, 0.29) is 16.8 Å². The highest BCUT2D eigenvalue weighted by Crippen LogP contribution is 2.49. The fraction of sp³-hybridized carbons (Fsp3) is 0.481. The second-order valence-electron chi connectivity index (χ2n) is 10.00. The zero-order valence-corrected chi connectivity index (χ0v) is 22.2. The summed E-state index contributed by atoms with van der Waals surface area (Å²) in [4.78, 5) is 22.2. The number of hydrogen-bond acceptors (Lipinski definition) is 4. The highest BCUT2D eigenvalue weighted by atomic mass is 32.2. The largest absolute Gasteiger partial charge is 0.490 e. The molecule has 11 heteroatoms. The van der Waals surface area contributed by atoms with Gasteiger partial charge in [-0.05, 0) is 74.4 Å². The van der Waals surface area contributed by atoms with E-state index in [1.165, 1.54) is 25.7 Å². The number of halogens is 3. The summed E-state index contributed by atoms with van der Waals surface area (Å²) in [5.41, 5.74) is 2.63. The number of benzene rings is 2. The Bertz CT molecular complexity index is 1250. The topological polar surface area (TPSA) is 113 Å². The zero-order chi connectivity index (χ0) is 28.1. The molecule has 0 atom stereocenters. The Balaban J connectivity index is 0.000000505. The molecule has 0 heterocycles. The summed E-state index contributed by atoms with van der Waals surface area (Å²) < 4.78 is 60.1. The second-order valence-corrected chi connectivity index (χ2v) is 11.6. The molecule has 0 unspecified atom stereocenters. The summed E-state index contributed by atoms with van der Waals surface area (Å²) in [6.45, 7) is 3.67. The lowest BCUT2D eigenvalue weighted by atomic mass is 9.94. The van der Waals surface area contributed by atoms with Crippen LogP contribution in [0.3, 0.4) is 0 Å². The van der Waals surface area contributed by atoms with E-state index >= 15 is 0 Å². The zero-order valence-electron chi connectivity index (χ0n) is 21.4. The van der Waals surface area contributed by atoms with Gasteiger partial charge >= 0.3 is 12.1 Å². The molecule has 0 saturated heterocycles. The molecule has 2 aromatic carbocycles. The normalized spacial score (nSPS) is 17.4. The van der Waals surface area contributed by atoms with E-state index < -0.39 is 27.6 Å². The quantitative estimate of drug-likeness (QED) is 0.402. The number of aryl methyl sites for hydroxylation is 2. The van der Waals surface area contributed by atoms with Crippen LogP contribution in [0.4, 0.5) is 18.9 Å².